The van der Waals surface area contributed by atoms with Crippen LogP contribution in [0.15, 0.2) is 42.7 Å². The van der Waals surface area contributed by atoms with E-state index in [2.05, 4.69) is 9.97 Å². The molecule has 1 aliphatic heterocycles. The molecule has 1 aromatic heterocycles. The van der Waals surface area contributed by atoms with E-state index in [1.807, 2.05) is 4.90 Å². The van der Waals surface area contributed by atoms with Gasteiger partial charge >= 0.3 is 0 Å². The Hall–Kier alpha value is -2.96. The fraction of sp³-hybridized carbons (Fsp3) is 0.294. The summed E-state index contributed by atoms with van der Waals surface area (Å²) in [5.41, 5.74) is 0.441. The zero-order valence-electron chi connectivity index (χ0n) is 13.2. The number of benzene rings is 1. The van der Waals surface area contributed by atoms with Crippen LogP contribution in [-0.2, 0) is 4.79 Å². The van der Waals surface area contributed by atoms with Crippen LogP contribution in [0.25, 0.3) is 0 Å². The fourth-order valence-electron chi connectivity index (χ4n) is 2.55. The third-order valence-corrected chi connectivity index (χ3v) is 3.86. The van der Waals surface area contributed by atoms with E-state index in [0.29, 0.717) is 43.4 Å². The number of para-hydroxylation sites is 1. The Kier molecular flexibility index (Phi) is 5.00. The highest BCUT2D eigenvalue weighted by Crippen LogP contribution is 2.16. The van der Waals surface area contributed by atoms with Crippen LogP contribution < -0.4 is 9.64 Å². The number of hydrogen-bond acceptors (Lipinski definition) is 6. The van der Waals surface area contributed by atoms with Crippen molar-refractivity contribution in [3.05, 3.63) is 48.3 Å². The zero-order chi connectivity index (χ0) is 16.8. The minimum Gasteiger partial charge on any atom is -0.483 e. The Morgan fingerprint density at radius 3 is 2.50 bits per heavy atom. The van der Waals surface area contributed by atoms with Gasteiger partial charge in [-0.3, -0.25) is 9.59 Å². The Morgan fingerprint density at radius 1 is 1.08 bits per heavy atom. The first-order valence-electron chi connectivity index (χ1n) is 7.74. The molecule has 1 aliphatic rings. The van der Waals surface area contributed by atoms with E-state index in [0.717, 1.165) is 6.29 Å². The molecule has 1 aromatic carbocycles. The van der Waals surface area contributed by atoms with Gasteiger partial charge < -0.3 is 14.5 Å². The molecule has 2 heterocycles. The SMILES string of the molecule is O=Cc1ccccc1OCC(=O)N1CCN(c2ncccn2)CC1. The molecule has 1 fully saturated rings. The molecule has 2 aromatic rings. The normalized spacial score (nSPS) is 14.3. The topological polar surface area (TPSA) is 75.6 Å². The van der Waals surface area contributed by atoms with Crippen molar-refractivity contribution in [2.75, 3.05) is 37.7 Å². The van der Waals surface area contributed by atoms with Gasteiger partial charge in [-0.2, -0.15) is 0 Å². The molecular formula is C17H18N4O3. The highest BCUT2D eigenvalue weighted by molar-refractivity contribution is 5.81. The molecule has 7 heteroatoms. The van der Waals surface area contributed by atoms with Gasteiger partial charge in [0.2, 0.25) is 5.95 Å². The van der Waals surface area contributed by atoms with Crippen molar-refractivity contribution in [3.8, 4) is 5.75 Å². The van der Waals surface area contributed by atoms with Gasteiger partial charge in [-0.15, -0.1) is 0 Å². The van der Waals surface area contributed by atoms with Gasteiger partial charge in [-0.05, 0) is 18.2 Å². The van der Waals surface area contributed by atoms with Crippen LogP contribution in [0.4, 0.5) is 5.95 Å². The van der Waals surface area contributed by atoms with Gasteiger partial charge in [-0.25, -0.2) is 9.97 Å². The average Bonchev–Trinajstić information content (AvgIpc) is 2.67. The number of carbonyl (C=O) groups excluding carboxylic acids is 2. The standard InChI is InChI=1S/C17H18N4O3/c22-12-14-4-1-2-5-15(14)24-13-16(23)20-8-10-21(11-9-20)17-18-6-3-7-19-17/h1-7,12H,8-11,13H2. The van der Waals surface area contributed by atoms with E-state index >= 15 is 0 Å². The predicted molar refractivity (Wildman–Crippen MR) is 88.1 cm³/mol. The van der Waals surface area contributed by atoms with Gasteiger partial charge in [0.15, 0.2) is 12.9 Å². The number of aromatic nitrogens is 2. The number of ether oxygens (including phenoxy) is 1. The Balaban J connectivity index is 1.51. The predicted octanol–water partition coefficient (Wildman–Crippen LogP) is 1.02. The monoisotopic (exact) mass is 326 g/mol. The highest BCUT2D eigenvalue weighted by Gasteiger charge is 2.22. The maximum atomic E-state index is 12.3. The van der Waals surface area contributed by atoms with Crippen molar-refractivity contribution in [3.63, 3.8) is 0 Å². The largest absolute Gasteiger partial charge is 0.483 e. The van der Waals surface area contributed by atoms with E-state index in [1.54, 1.807) is 47.6 Å². The Morgan fingerprint density at radius 2 is 1.79 bits per heavy atom. The summed E-state index contributed by atoms with van der Waals surface area (Å²) in [5.74, 6) is 1.02. The van der Waals surface area contributed by atoms with E-state index in [4.69, 9.17) is 4.74 Å². The van der Waals surface area contributed by atoms with Crippen molar-refractivity contribution in [2.45, 2.75) is 0 Å². The second-order valence-electron chi connectivity index (χ2n) is 5.36. The van der Waals surface area contributed by atoms with Crippen LogP contribution in [0.1, 0.15) is 10.4 Å². The number of anilines is 1. The Labute approximate surface area is 139 Å². The van der Waals surface area contributed by atoms with Crippen molar-refractivity contribution in [2.24, 2.45) is 0 Å². The van der Waals surface area contributed by atoms with Gasteiger partial charge in [0.1, 0.15) is 5.75 Å². The number of piperazine rings is 1. The van der Waals surface area contributed by atoms with Gasteiger partial charge in [0.25, 0.3) is 5.91 Å². The third-order valence-electron chi connectivity index (χ3n) is 3.86. The average molecular weight is 326 g/mol. The van der Waals surface area contributed by atoms with Gasteiger partial charge in [-0.1, -0.05) is 12.1 Å². The van der Waals surface area contributed by atoms with E-state index in [9.17, 15) is 9.59 Å². The van der Waals surface area contributed by atoms with Crippen LogP contribution in [0.2, 0.25) is 0 Å². The van der Waals surface area contributed by atoms with Crippen molar-refractivity contribution < 1.29 is 14.3 Å². The maximum Gasteiger partial charge on any atom is 0.260 e. The number of amides is 1. The molecule has 0 bridgehead atoms. The quantitative estimate of drug-likeness (QED) is 0.764. The molecule has 0 aliphatic carbocycles. The maximum absolute atomic E-state index is 12.3. The lowest BCUT2D eigenvalue weighted by molar-refractivity contribution is -0.133. The molecule has 24 heavy (non-hydrogen) atoms. The molecule has 0 radical (unpaired) electrons. The lowest BCUT2D eigenvalue weighted by Gasteiger charge is -2.34. The number of hydrogen-bond donors (Lipinski definition) is 0. The van der Waals surface area contributed by atoms with Crippen LogP contribution in [0.3, 0.4) is 0 Å². The van der Waals surface area contributed by atoms with Crippen LogP contribution in [-0.4, -0.2) is 59.8 Å². The second kappa shape index (κ2) is 7.54. The molecule has 124 valence electrons. The molecule has 0 unspecified atom stereocenters. The first-order valence-corrected chi connectivity index (χ1v) is 7.74. The molecular weight excluding hydrogens is 308 g/mol. The van der Waals surface area contributed by atoms with Crippen molar-refractivity contribution in [1.29, 1.82) is 0 Å². The van der Waals surface area contributed by atoms with Crippen molar-refractivity contribution in [1.82, 2.24) is 14.9 Å². The molecule has 1 saturated heterocycles. The number of aldehydes is 1. The molecule has 1 amide bonds. The minimum absolute atomic E-state index is 0.0767. The van der Waals surface area contributed by atoms with E-state index in [1.165, 1.54) is 0 Å². The summed E-state index contributed by atoms with van der Waals surface area (Å²) in [6, 6.07) is 8.64. The summed E-state index contributed by atoms with van der Waals surface area (Å²) in [6.07, 6.45) is 4.13. The first-order chi connectivity index (χ1) is 11.8. The fourth-order valence-corrected chi connectivity index (χ4v) is 2.55. The summed E-state index contributed by atoms with van der Waals surface area (Å²) in [5, 5.41) is 0. The van der Waals surface area contributed by atoms with Crippen molar-refractivity contribution >= 4 is 18.1 Å². The molecule has 3 rings (SSSR count). The second-order valence-corrected chi connectivity index (χ2v) is 5.36. The summed E-state index contributed by atoms with van der Waals surface area (Å²) in [4.78, 5) is 35.5. The number of rotatable bonds is 5. The van der Waals surface area contributed by atoms with Crippen LogP contribution in [0.5, 0.6) is 5.75 Å². The lowest BCUT2D eigenvalue weighted by Crippen LogP contribution is -2.50. The molecule has 0 spiro atoms. The zero-order valence-corrected chi connectivity index (χ0v) is 13.2. The van der Waals surface area contributed by atoms with E-state index in [-0.39, 0.29) is 12.5 Å². The smallest absolute Gasteiger partial charge is 0.260 e. The molecule has 0 atom stereocenters. The summed E-state index contributed by atoms with van der Waals surface area (Å²) >= 11 is 0. The van der Waals surface area contributed by atoms with Gasteiger partial charge in [0.05, 0.1) is 5.56 Å². The van der Waals surface area contributed by atoms with E-state index < -0.39 is 0 Å². The summed E-state index contributed by atoms with van der Waals surface area (Å²) in [7, 11) is 0. The van der Waals surface area contributed by atoms with Gasteiger partial charge in [0, 0.05) is 38.6 Å². The number of carbonyl (C=O) groups is 2. The molecule has 0 saturated carbocycles. The first kappa shape index (κ1) is 15.9. The molecule has 0 N–H and O–H groups in total. The number of nitrogens with zero attached hydrogens (tertiary/aromatic N) is 4. The summed E-state index contributed by atoms with van der Waals surface area (Å²) < 4.78 is 5.49. The highest BCUT2D eigenvalue weighted by atomic mass is 16.5. The minimum atomic E-state index is -0.0932. The lowest BCUT2D eigenvalue weighted by atomic mass is 10.2. The molecule has 7 nitrogen and oxygen atoms in total. The van der Waals surface area contributed by atoms with Crippen LogP contribution in [0, 0.1) is 0 Å². The van der Waals surface area contributed by atoms with Crippen LogP contribution >= 0.6 is 0 Å². The third kappa shape index (κ3) is 3.68. The Bertz CT molecular complexity index is 700. The summed E-state index contributed by atoms with van der Waals surface area (Å²) in [6.45, 7) is 2.47.